The van der Waals surface area contributed by atoms with E-state index in [9.17, 15) is 18.0 Å². The average molecular weight is 475 g/mol. The Labute approximate surface area is 199 Å². The molecule has 2 aliphatic heterocycles. The fourth-order valence-corrected chi connectivity index (χ4v) is 5.00. The van der Waals surface area contributed by atoms with E-state index in [1.54, 1.807) is 9.80 Å². The number of carbonyl (C=O) groups is 1. The summed E-state index contributed by atoms with van der Waals surface area (Å²) >= 11 is 0. The number of halogens is 3. The first-order valence-electron chi connectivity index (χ1n) is 12.1. The van der Waals surface area contributed by atoms with Gasteiger partial charge in [-0.25, -0.2) is 18.0 Å². The summed E-state index contributed by atoms with van der Waals surface area (Å²) in [6, 6.07) is 12.3. The number of urea groups is 1. The SMILES string of the molecule is C[C@@H]1CN(C(=O)NCCC2CCN(Cc3ccccc3)CC2)CCN1c1cc(F)c(F)c(F)c1. The van der Waals surface area contributed by atoms with Gasteiger partial charge in [-0.15, -0.1) is 0 Å². The first-order chi connectivity index (χ1) is 16.4. The van der Waals surface area contributed by atoms with Crippen LogP contribution in [0.4, 0.5) is 23.7 Å². The molecule has 0 unspecified atom stereocenters. The highest BCUT2D eigenvalue weighted by molar-refractivity contribution is 5.74. The smallest absolute Gasteiger partial charge is 0.317 e. The molecule has 2 fully saturated rings. The van der Waals surface area contributed by atoms with Gasteiger partial charge in [0, 0.05) is 56.6 Å². The third-order valence-electron chi connectivity index (χ3n) is 7.00. The molecule has 5 nitrogen and oxygen atoms in total. The van der Waals surface area contributed by atoms with Crippen LogP contribution < -0.4 is 10.2 Å². The lowest BCUT2D eigenvalue weighted by molar-refractivity contribution is 0.168. The number of piperazine rings is 1. The second-order valence-corrected chi connectivity index (χ2v) is 9.44. The number of rotatable bonds is 6. The fraction of sp³-hybridized carbons (Fsp3) is 0.500. The van der Waals surface area contributed by atoms with Gasteiger partial charge in [0.05, 0.1) is 0 Å². The van der Waals surface area contributed by atoms with E-state index in [1.165, 1.54) is 5.56 Å². The van der Waals surface area contributed by atoms with Crippen molar-refractivity contribution in [2.45, 2.75) is 38.8 Å². The largest absolute Gasteiger partial charge is 0.365 e. The van der Waals surface area contributed by atoms with E-state index in [0.717, 1.165) is 51.0 Å². The topological polar surface area (TPSA) is 38.8 Å². The normalized spacial score (nSPS) is 19.9. The molecule has 2 aromatic rings. The number of amides is 2. The van der Waals surface area contributed by atoms with Crippen LogP contribution in [0.15, 0.2) is 42.5 Å². The Morgan fingerprint density at radius 2 is 1.68 bits per heavy atom. The molecule has 1 N–H and O–H groups in total. The molecule has 2 aromatic carbocycles. The van der Waals surface area contributed by atoms with Gasteiger partial charge < -0.3 is 15.1 Å². The van der Waals surface area contributed by atoms with E-state index in [4.69, 9.17) is 0 Å². The molecule has 1 atom stereocenters. The molecule has 0 spiro atoms. The maximum atomic E-state index is 13.6. The Hall–Kier alpha value is -2.74. The Kier molecular flexibility index (Phi) is 7.98. The number of likely N-dealkylation sites (tertiary alicyclic amines) is 1. The molecule has 4 rings (SSSR count). The second kappa shape index (κ2) is 11.1. The molecule has 0 aliphatic carbocycles. The molecule has 2 saturated heterocycles. The van der Waals surface area contributed by atoms with E-state index in [-0.39, 0.29) is 12.1 Å². The van der Waals surface area contributed by atoms with Crippen LogP contribution in [0.1, 0.15) is 31.7 Å². The monoisotopic (exact) mass is 474 g/mol. The van der Waals surface area contributed by atoms with E-state index in [1.807, 2.05) is 13.0 Å². The minimum atomic E-state index is -1.46. The highest BCUT2D eigenvalue weighted by atomic mass is 19.2. The molecule has 0 radical (unpaired) electrons. The highest BCUT2D eigenvalue weighted by Gasteiger charge is 2.28. The van der Waals surface area contributed by atoms with Crippen LogP contribution in [-0.2, 0) is 6.54 Å². The summed E-state index contributed by atoms with van der Waals surface area (Å²) in [5.74, 6) is -3.25. The fourth-order valence-electron chi connectivity index (χ4n) is 5.00. The molecular formula is C26H33F3N4O. The quantitative estimate of drug-likeness (QED) is 0.621. The van der Waals surface area contributed by atoms with Gasteiger partial charge in [-0.1, -0.05) is 30.3 Å². The van der Waals surface area contributed by atoms with Crippen LogP contribution in [0.3, 0.4) is 0 Å². The van der Waals surface area contributed by atoms with Crippen LogP contribution in [0, 0.1) is 23.4 Å². The van der Waals surface area contributed by atoms with Crippen molar-refractivity contribution in [3.8, 4) is 0 Å². The number of piperidine rings is 1. The Balaban J connectivity index is 1.17. The average Bonchev–Trinajstić information content (AvgIpc) is 2.84. The highest BCUT2D eigenvalue weighted by Crippen LogP contribution is 2.25. The number of nitrogens with zero attached hydrogens (tertiary/aromatic N) is 3. The zero-order valence-electron chi connectivity index (χ0n) is 19.7. The van der Waals surface area contributed by atoms with Crippen LogP contribution in [-0.4, -0.2) is 61.1 Å². The van der Waals surface area contributed by atoms with E-state index in [2.05, 4.69) is 34.5 Å². The summed E-state index contributed by atoms with van der Waals surface area (Å²) in [6.45, 7) is 6.99. The lowest BCUT2D eigenvalue weighted by atomic mass is 9.93. The van der Waals surface area contributed by atoms with Gasteiger partial charge in [0.25, 0.3) is 0 Å². The van der Waals surface area contributed by atoms with Gasteiger partial charge in [0.15, 0.2) is 17.5 Å². The maximum Gasteiger partial charge on any atom is 0.317 e. The number of hydrogen-bond acceptors (Lipinski definition) is 3. The zero-order chi connectivity index (χ0) is 24.1. The van der Waals surface area contributed by atoms with Gasteiger partial charge in [-0.05, 0) is 50.8 Å². The minimum absolute atomic E-state index is 0.107. The van der Waals surface area contributed by atoms with Crippen molar-refractivity contribution in [2.75, 3.05) is 44.2 Å². The summed E-state index contributed by atoms with van der Waals surface area (Å²) in [5.41, 5.74) is 1.64. The summed E-state index contributed by atoms with van der Waals surface area (Å²) in [7, 11) is 0. The van der Waals surface area contributed by atoms with Crippen LogP contribution in [0.2, 0.25) is 0 Å². The molecule has 2 amide bonds. The molecule has 0 saturated carbocycles. The van der Waals surface area contributed by atoms with Gasteiger partial charge in [0.2, 0.25) is 0 Å². The Morgan fingerprint density at radius 3 is 2.32 bits per heavy atom. The van der Waals surface area contributed by atoms with E-state index < -0.39 is 17.5 Å². The predicted molar refractivity (Wildman–Crippen MR) is 127 cm³/mol. The van der Waals surface area contributed by atoms with Crippen molar-refractivity contribution in [3.05, 3.63) is 65.5 Å². The second-order valence-electron chi connectivity index (χ2n) is 9.44. The Morgan fingerprint density at radius 1 is 1.00 bits per heavy atom. The van der Waals surface area contributed by atoms with Gasteiger partial charge in [-0.2, -0.15) is 0 Å². The molecule has 0 bridgehead atoms. The number of benzene rings is 2. The summed E-state index contributed by atoms with van der Waals surface area (Å²) in [5, 5.41) is 3.04. The number of anilines is 1. The lowest BCUT2D eigenvalue weighted by Crippen LogP contribution is -2.56. The molecule has 2 heterocycles. The van der Waals surface area contributed by atoms with E-state index >= 15 is 0 Å². The third-order valence-corrected chi connectivity index (χ3v) is 7.00. The first-order valence-corrected chi connectivity index (χ1v) is 12.1. The minimum Gasteiger partial charge on any atom is -0.365 e. The van der Waals surface area contributed by atoms with Crippen molar-refractivity contribution >= 4 is 11.7 Å². The number of hydrogen-bond donors (Lipinski definition) is 1. The molecular weight excluding hydrogens is 441 g/mol. The van der Waals surface area contributed by atoms with Crippen molar-refractivity contribution in [1.29, 1.82) is 0 Å². The molecule has 2 aliphatic rings. The zero-order valence-corrected chi connectivity index (χ0v) is 19.7. The van der Waals surface area contributed by atoms with Crippen molar-refractivity contribution in [3.63, 3.8) is 0 Å². The summed E-state index contributed by atoms with van der Waals surface area (Å²) in [6.07, 6.45) is 3.25. The molecule has 0 aromatic heterocycles. The van der Waals surface area contributed by atoms with Crippen molar-refractivity contribution in [1.82, 2.24) is 15.1 Å². The predicted octanol–water partition coefficient (Wildman–Crippen LogP) is 4.63. The summed E-state index contributed by atoms with van der Waals surface area (Å²) in [4.78, 5) is 18.7. The molecule has 8 heteroatoms. The number of nitrogens with one attached hydrogen (secondary N) is 1. The molecule has 184 valence electrons. The third kappa shape index (κ3) is 6.03. The Bertz CT molecular complexity index is 943. The van der Waals surface area contributed by atoms with Crippen LogP contribution in [0.5, 0.6) is 0 Å². The number of carbonyl (C=O) groups excluding carboxylic acids is 1. The van der Waals surface area contributed by atoms with Gasteiger partial charge >= 0.3 is 6.03 Å². The summed E-state index contributed by atoms with van der Waals surface area (Å²) < 4.78 is 40.5. The first kappa shape index (κ1) is 24.4. The van der Waals surface area contributed by atoms with Gasteiger partial charge in [0.1, 0.15) is 0 Å². The molecule has 34 heavy (non-hydrogen) atoms. The van der Waals surface area contributed by atoms with Crippen molar-refractivity contribution < 1.29 is 18.0 Å². The maximum absolute atomic E-state index is 13.6. The van der Waals surface area contributed by atoms with Crippen molar-refractivity contribution in [2.24, 2.45) is 5.92 Å². The van der Waals surface area contributed by atoms with E-state index in [0.29, 0.717) is 37.8 Å². The lowest BCUT2D eigenvalue weighted by Gasteiger charge is -2.41. The van der Waals surface area contributed by atoms with Crippen LogP contribution in [0.25, 0.3) is 0 Å². The van der Waals surface area contributed by atoms with Crippen LogP contribution >= 0.6 is 0 Å². The van der Waals surface area contributed by atoms with Gasteiger partial charge in [-0.3, -0.25) is 4.90 Å². The standard InChI is InChI=1S/C26H33F3N4O/c1-19-17-32(13-14-33(19)22-15-23(27)25(29)24(28)16-22)26(34)30-10-7-20-8-11-31(12-9-20)18-21-5-3-2-4-6-21/h2-6,15-16,19-20H,7-14,17-18H2,1H3,(H,30,34)/t19-/m1/s1.